The number of amides is 1. The maximum absolute atomic E-state index is 12.5. The number of carbonyl (C=O) groups is 1. The molecular weight excluding hydrogens is 486 g/mol. The van der Waals surface area contributed by atoms with Gasteiger partial charge in [0.05, 0.1) is 30.3 Å². The first-order chi connectivity index (χ1) is 17.3. The van der Waals surface area contributed by atoms with Crippen molar-refractivity contribution >= 4 is 27.4 Å². The van der Waals surface area contributed by atoms with E-state index in [4.69, 9.17) is 14.2 Å². The van der Waals surface area contributed by atoms with Crippen LogP contribution in [0.25, 0.3) is 0 Å². The van der Waals surface area contributed by atoms with Crippen molar-refractivity contribution in [3.63, 3.8) is 0 Å². The summed E-state index contributed by atoms with van der Waals surface area (Å²) in [5.74, 6) is 0.993. The van der Waals surface area contributed by atoms with Crippen LogP contribution in [-0.4, -0.2) is 72.5 Å². The lowest BCUT2D eigenvalue weighted by Crippen LogP contribution is -2.42. The van der Waals surface area contributed by atoms with E-state index in [0.717, 1.165) is 12.8 Å². The Hall–Kier alpha value is -3.15. The van der Waals surface area contributed by atoms with E-state index in [1.54, 1.807) is 17.9 Å². The quantitative estimate of drug-likeness (QED) is 0.464. The molecule has 36 heavy (non-hydrogen) atoms. The fourth-order valence-electron chi connectivity index (χ4n) is 3.93. The highest BCUT2D eigenvalue weighted by Gasteiger charge is 2.38. The smallest absolute Gasteiger partial charge is 0.409 e. The van der Waals surface area contributed by atoms with Gasteiger partial charge in [-0.3, -0.25) is 0 Å². The number of sulfone groups is 1. The van der Waals surface area contributed by atoms with Crippen LogP contribution >= 0.6 is 0 Å². The molecule has 12 heteroatoms. The number of ether oxygens (including phenoxy) is 3. The predicted molar refractivity (Wildman–Crippen MR) is 133 cm³/mol. The Balaban J connectivity index is 1.40. The Bertz CT molecular complexity index is 1180. The Labute approximate surface area is 211 Å². The molecule has 0 aromatic carbocycles. The average molecular weight is 520 g/mol. The summed E-state index contributed by atoms with van der Waals surface area (Å²) in [6, 6.07) is 3.18. The molecule has 1 saturated carbocycles. The van der Waals surface area contributed by atoms with Crippen molar-refractivity contribution in [2.75, 3.05) is 32.1 Å². The molecule has 1 amide bonds. The van der Waals surface area contributed by atoms with E-state index in [1.807, 2.05) is 0 Å². The van der Waals surface area contributed by atoms with Crippen molar-refractivity contribution in [2.24, 2.45) is 0 Å². The van der Waals surface area contributed by atoms with Crippen molar-refractivity contribution in [2.45, 2.75) is 68.8 Å². The molecule has 1 N–H and O–H groups in total. The minimum atomic E-state index is -3.37. The zero-order valence-electron chi connectivity index (χ0n) is 20.9. The van der Waals surface area contributed by atoms with Crippen LogP contribution in [-0.2, 0) is 14.6 Å². The topological polar surface area (TPSA) is 133 Å². The highest BCUT2D eigenvalue weighted by atomic mass is 32.2. The molecule has 0 spiro atoms. The van der Waals surface area contributed by atoms with Gasteiger partial charge in [-0.05, 0) is 38.3 Å². The molecule has 2 aliphatic rings. The lowest BCUT2D eigenvalue weighted by molar-refractivity contribution is 0.0645. The summed E-state index contributed by atoms with van der Waals surface area (Å²) in [6.07, 6.45) is 5.42. The minimum absolute atomic E-state index is 0.0901. The van der Waals surface area contributed by atoms with Crippen LogP contribution in [0.1, 0.15) is 51.1 Å². The van der Waals surface area contributed by atoms with E-state index in [9.17, 15) is 13.2 Å². The van der Waals surface area contributed by atoms with E-state index in [-0.39, 0.29) is 28.4 Å². The van der Waals surface area contributed by atoms with E-state index < -0.39 is 9.84 Å². The van der Waals surface area contributed by atoms with Crippen LogP contribution in [0.2, 0.25) is 0 Å². The summed E-state index contributed by atoms with van der Waals surface area (Å²) in [5.41, 5.74) is 1.13. The summed E-state index contributed by atoms with van der Waals surface area (Å²) in [7, 11) is -1.87. The van der Waals surface area contributed by atoms with Crippen LogP contribution in [0.5, 0.6) is 11.6 Å². The van der Waals surface area contributed by atoms with E-state index in [1.165, 1.54) is 19.5 Å². The maximum atomic E-state index is 12.5. The van der Waals surface area contributed by atoms with Crippen molar-refractivity contribution < 1.29 is 27.4 Å². The van der Waals surface area contributed by atoms with Gasteiger partial charge in [0.25, 0.3) is 5.88 Å². The predicted octanol–water partition coefficient (Wildman–Crippen LogP) is 3.65. The molecule has 0 radical (unpaired) electrons. The number of anilines is 2. The second-order valence-electron chi connectivity index (χ2n) is 8.98. The second kappa shape index (κ2) is 11.3. The fourth-order valence-corrected chi connectivity index (χ4v) is 5.55. The highest BCUT2D eigenvalue weighted by molar-refractivity contribution is 7.92. The van der Waals surface area contributed by atoms with Crippen molar-refractivity contribution in [1.82, 2.24) is 19.9 Å². The van der Waals surface area contributed by atoms with Crippen molar-refractivity contribution in [1.29, 1.82) is 0 Å². The Morgan fingerprint density at radius 1 is 1.17 bits per heavy atom. The third-order valence-electron chi connectivity index (χ3n) is 6.25. The molecule has 3 heterocycles. The van der Waals surface area contributed by atoms with Gasteiger partial charge in [-0.1, -0.05) is 13.3 Å². The molecule has 0 unspecified atom stereocenters. The molecule has 0 atom stereocenters. The maximum Gasteiger partial charge on any atom is 0.409 e. The second-order valence-corrected chi connectivity index (χ2v) is 11.2. The number of aromatic nitrogens is 3. The van der Waals surface area contributed by atoms with Crippen LogP contribution in [0.4, 0.5) is 16.3 Å². The summed E-state index contributed by atoms with van der Waals surface area (Å²) in [6.45, 7) is 5.30. The molecule has 1 aliphatic heterocycles. The standard InChI is InChI=1S/C24H33N5O6S/c1-4-5-14-34-24(30)29-12-10-17(11-13-29)35-23-21(33-3)22(25-15-26-23)28-19-8-9-20(27-16(19)2)36(31,32)18-6-7-18/h8-9,15,17-18H,4-7,10-14H2,1-3H3,(H,25,26,28). The summed E-state index contributed by atoms with van der Waals surface area (Å²) < 4.78 is 42.0. The van der Waals surface area contributed by atoms with Crippen molar-refractivity contribution in [3.8, 4) is 11.6 Å². The average Bonchev–Trinajstić information content (AvgIpc) is 3.72. The Kier molecular flexibility index (Phi) is 8.12. The number of likely N-dealkylation sites (tertiary alicyclic amines) is 1. The van der Waals surface area contributed by atoms with E-state index >= 15 is 0 Å². The molecule has 2 aromatic rings. The van der Waals surface area contributed by atoms with Gasteiger partial charge < -0.3 is 24.4 Å². The number of unbranched alkanes of at least 4 members (excludes halogenated alkanes) is 1. The molecule has 1 saturated heterocycles. The number of carbonyl (C=O) groups excluding carboxylic acids is 1. The van der Waals surface area contributed by atoms with Gasteiger partial charge in [0.15, 0.2) is 20.7 Å². The fraction of sp³-hybridized carbons (Fsp3) is 0.583. The first-order valence-electron chi connectivity index (χ1n) is 12.3. The number of aryl methyl sites for hydroxylation is 1. The number of methoxy groups -OCH3 is 1. The number of nitrogens with zero attached hydrogens (tertiary/aromatic N) is 4. The molecule has 196 valence electrons. The lowest BCUT2D eigenvalue weighted by Gasteiger charge is -2.31. The molecule has 2 fully saturated rings. The summed E-state index contributed by atoms with van der Waals surface area (Å²) >= 11 is 0. The van der Waals surface area contributed by atoms with Gasteiger partial charge >= 0.3 is 6.09 Å². The third-order valence-corrected chi connectivity index (χ3v) is 8.40. The van der Waals surface area contributed by atoms with Gasteiger partial charge in [-0.2, -0.15) is 4.98 Å². The Morgan fingerprint density at radius 2 is 1.92 bits per heavy atom. The molecule has 1 aliphatic carbocycles. The van der Waals surface area contributed by atoms with Gasteiger partial charge in [-0.15, -0.1) is 0 Å². The van der Waals surface area contributed by atoms with Crippen LogP contribution in [0.3, 0.4) is 0 Å². The van der Waals surface area contributed by atoms with E-state index in [0.29, 0.717) is 68.3 Å². The number of hydrogen-bond acceptors (Lipinski definition) is 10. The zero-order valence-corrected chi connectivity index (χ0v) is 21.7. The Morgan fingerprint density at radius 3 is 2.56 bits per heavy atom. The van der Waals surface area contributed by atoms with Crippen molar-refractivity contribution in [3.05, 3.63) is 24.2 Å². The molecule has 0 bridgehead atoms. The van der Waals surface area contributed by atoms with Crippen LogP contribution in [0.15, 0.2) is 23.5 Å². The molecule has 2 aromatic heterocycles. The first kappa shape index (κ1) is 25.9. The first-order valence-corrected chi connectivity index (χ1v) is 13.8. The van der Waals surface area contributed by atoms with Gasteiger partial charge in [0.1, 0.15) is 12.4 Å². The van der Waals surface area contributed by atoms with E-state index in [2.05, 4.69) is 27.2 Å². The minimum Gasteiger partial charge on any atom is -0.489 e. The third kappa shape index (κ3) is 5.97. The van der Waals surface area contributed by atoms with Crippen LogP contribution in [0, 0.1) is 6.92 Å². The summed E-state index contributed by atoms with van der Waals surface area (Å²) in [5, 5.41) is 2.93. The number of piperidine rings is 1. The van der Waals surface area contributed by atoms with Gasteiger partial charge in [0.2, 0.25) is 5.75 Å². The number of nitrogens with one attached hydrogen (secondary N) is 1. The number of rotatable bonds is 10. The molecule has 4 rings (SSSR count). The summed E-state index contributed by atoms with van der Waals surface area (Å²) in [4.78, 5) is 26.7. The van der Waals surface area contributed by atoms with Gasteiger partial charge in [-0.25, -0.2) is 23.2 Å². The van der Waals surface area contributed by atoms with Gasteiger partial charge in [0, 0.05) is 25.9 Å². The highest BCUT2D eigenvalue weighted by Crippen LogP contribution is 2.36. The largest absolute Gasteiger partial charge is 0.489 e. The number of hydrogen-bond donors (Lipinski definition) is 1. The lowest BCUT2D eigenvalue weighted by atomic mass is 10.1. The molecule has 11 nitrogen and oxygen atoms in total. The SMILES string of the molecule is CCCCOC(=O)N1CCC(Oc2ncnc(Nc3ccc(S(=O)(=O)C4CC4)nc3C)c2OC)CC1. The molecular formula is C24H33N5O6S. The monoisotopic (exact) mass is 519 g/mol. The normalized spacial score (nSPS) is 16.5. The number of pyridine rings is 1. The van der Waals surface area contributed by atoms with Crippen LogP contribution < -0.4 is 14.8 Å². The zero-order chi connectivity index (χ0) is 25.7.